The molecule has 0 radical (unpaired) electrons. The molecule has 0 unspecified atom stereocenters. The van der Waals surface area contributed by atoms with Crippen LogP contribution in [0.15, 0.2) is 60.7 Å². The smallest absolute Gasteiger partial charge is 0.356 e. The Hall–Kier alpha value is -5.15. The third-order valence-electron chi connectivity index (χ3n) is 11.4. The highest BCUT2D eigenvalue weighted by Crippen LogP contribution is 2.39. The van der Waals surface area contributed by atoms with E-state index in [0.29, 0.717) is 67.3 Å². The molecule has 0 spiro atoms. The first-order valence-corrected chi connectivity index (χ1v) is 21.8. The Balaban J connectivity index is 0.000000249. The van der Waals surface area contributed by atoms with Crippen LogP contribution < -0.4 is 40.5 Å². The van der Waals surface area contributed by atoms with E-state index < -0.39 is 23.5 Å². The van der Waals surface area contributed by atoms with Gasteiger partial charge in [-0.25, -0.2) is 24.4 Å². The molecule has 0 saturated carbocycles. The number of hydrogen-bond donors (Lipinski definition) is 3. The summed E-state index contributed by atoms with van der Waals surface area (Å²) < 4.78 is 43.0. The number of carbonyl (C=O) groups excluding carboxylic acids is 3. The van der Waals surface area contributed by atoms with Crippen molar-refractivity contribution in [2.75, 3.05) is 97.9 Å². The second-order valence-corrected chi connectivity index (χ2v) is 17.1. The molecule has 2 amide bonds. The topological polar surface area (TPSA) is 236 Å². The first-order chi connectivity index (χ1) is 31.7. The van der Waals surface area contributed by atoms with E-state index in [1.54, 1.807) is 59.5 Å². The summed E-state index contributed by atoms with van der Waals surface area (Å²) in [5.41, 5.74) is 7.94. The van der Waals surface area contributed by atoms with Crippen LogP contribution in [-0.2, 0) is 28.4 Å². The largest absolute Gasteiger partial charge is 0.475 e. The highest BCUT2D eigenvalue weighted by Gasteiger charge is 2.41. The lowest BCUT2D eigenvalue weighted by Crippen LogP contribution is -2.48. The Morgan fingerprint density at radius 2 is 1.27 bits per heavy atom. The van der Waals surface area contributed by atoms with E-state index >= 15 is 0 Å². The highest BCUT2D eigenvalue weighted by atomic mass is 32.1. The number of amides is 2. The maximum atomic E-state index is 13.3. The lowest BCUT2D eigenvalue weighted by Gasteiger charge is -2.35. The lowest BCUT2D eigenvalue weighted by molar-refractivity contribution is -0.142. The number of methoxy groups -OCH3 is 2. The van der Waals surface area contributed by atoms with E-state index in [0.717, 1.165) is 49.7 Å². The zero-order valence-corrected chi connectivity index (χ0v) is 43.9. The standard InChI is InChI=1S/C23H27N5O6.C11H13N3O2.C11H16N2O3.4H2S/c1-23(2)33-13-15(34-23)12-32-19-6-4-5-18(25-19)26-22(30)28-14-9-10-27(11-14)17-8-7-16(21(29)31-3)24-20(17)28;1-16-11(15)8-2-3-9-10(13-8)12-7-4-5-14(9)6-7;1-11(2)15-7-8(16-11)6-14-10-5-3-4-9(12)13-10;;;;/h4-8,14-15H,9-13H2,1-3H3,(H,25,26,30);2-3,7H,4-6H2,1H3,(H,12,13);3-5,8H,6-7H2,1-2H3,(H2,12,13);4*1H2/t14-,15-;7-;8-;;;;/m000..../s1. The summed E-state index contributed by atoms with van der Waals surface area (Å²) in [5, 5.41) is 6.19. The molecule has 4 aromatic heterocycles. The molecule has 4 N–H and O–H groups in total. The van der Waals surface area contributed by atoms with Crippen LogP contribution >= 0.6 is 54.0 Å². The second kappa shape index (κ2) is 24.8. The van der Waals surface area contributed by atoms with Crippen LogP contribution in [0.25, 0.3) is 0 Å². The van der Waals surface area contributed by atoms with Crippen LogP contribution in [0, 0.1) is 0 Å². The number of nitrogens with one attached hydrogen (secondary N) is 2. The van der Waals surface area contributed by atoms with Gasteiger partial charge in [-0.05, 0) is 76.9 Å². The minimum atomic E-state index is -0.625. The Morgan fingerprint density at radius 3 is 1.86 bits per heavy atom. The monoisotopic (exact) mass is 1050 g/mol. The Kier molecular flexibility index (Phi) is 20.3. The molecule has 25 heteroatoms. The van der Waals surface area contributed by atoms with Crippen molar-refractivity contribution in [3.05, 3.63) is 72.1 Å². The van der Waals surface area contributed by atoms with Crippen LogP contribution in [0.5, 0.6) is 11.8 Å². The minimum Gasteiger partial charge on any atom is -0.475 e. The number of aromatic nitrogens is 4. The van der Waals surface area contributed by atoms with Gasteiger partial charge in [0.1, 0.15) is 37.1 Å². The molecule has 21 nitrogen and oxygen atoms in total. The number of fused-ring (bicyclic) bond motifs is 8. The van der Waals surface area contributed by atoms with E-state index in [4.69, 9.17) is 38.9 Å². The van der Waals surface area contributed by atoms with Crippen LogP contribution in [-0.4, -0.2) is 141 Å². The fourth-order valence-electron chi connectivity index (χ4n) is 8.30. The molecule has 70 heavy (non-hydrogen) atoms. The Bertz CT molecular complexity index is 2430. The predicted octanol–water partition coefficient (Wildman–Crippen LogP) is 4.94. The third-order valence-corrected chi connectivity index (χ3v) is 11.4. The number of nitrogens with two attached hydrogens (primary N) is 1. The van der Waals surface area contributed by atoms with Crippen molar-refractivity contribution >= 4 is 107 Å². The van der Waals surface area contributed by atoms with Crippen molar-refractivity contribution in [3.8, 4) is 11.8 Å². The zero-order chi connectivity index (χ0) is 46.6. The number of urea groups is 1. The first-order valence-electron chi connectivity index (χ1n) is 21.8. The average Bonchev–Trinajstić information content (AvgIpc) is 4.09. The highest BCUT2D eigenvalue weighted by molar-refractivity contribution is 7.59. The van der Waals surface area contributed by atoms with E-state index in [1.165, 1.54) is 14.2 Å². The molecule has 0 aromatic carbocycles. The van der Waals surface area contributed by atoms with E-state index in [9.17, 15) is 14.4 Å². The molecule has 4 aromatic rings. The molecular weight excluding hydrogens is 985 g/mol. The van der Waals surface area contributed by atoms with Gasteiger partial charge in [0.15, 0.2) is 34.6 Å². The number of anilines is 6. The van der Waals surface area contributed by atoms with Gasteiger partial charge in [0.25, 0.3) is 0 Å². The van der Waals surface area contributed by atoms with Gasteiger partial charge >= 0.3 is 18.0 Å². The van der Waals surface area contributed by atoms with Gasteiger partial charge in [0.05, 0.1) is 44.8 Å². The summed E-state index contributed by atoms with van der Waals surface area (Å²) >= 11 is 0. The summed E-state index contributed by atoms with van der Waals surface area (Å²) in [7, 11) is 2.67. The lowest BCUT2D eigenvalue weighted by atomic mass is 10.2. The molecule has 6 aliphatic rings. The van der Waals surface area contributed by atoms with E-state index in [-0.39, 0.29) is 90.6 Å². The molecule has 10 heterocycles. The number of carbonyl (C=O) groups is 3. The maximum absolute atomic E-state index is 13.3. The van der Waals surface area contributed by atoms with Crippen molar-refractivity contribution in [2.45, 2.75) is 76.4 Å². The van der Waals surface area contributed by atoms with Crippen molar-refractivity contribution in [3.63, 3.8) is 0 Å². The van der Waals surface area contributed by atoms with Crippen molar-refractivity contribution < 1.29 is 52.3 Å². The molecule has 0 aliphatic carbocycles. The average molecular weight is 1050 g/mol. The fraction of sp³-hybridized carbons (Fsp3) is 0.489. The summed E-state index contributed by atoms with van der Waals surface area (Å²) in [6, 6.07) is 17.5. The molecular formula is C45H64N10O11S4. The van der Waals surface area contributed by atoms with Crippen LogP contribution in [0.4, 0.5) is 39.4 Å². The summed E-state index contributed by atoms with van der Waals surface area (Å²) in [4.78, 5) is 60.0. The van der Waals surface area contributed by atoms with E-state index in [2.05, 4.69) is 45.1 Å². The molecule has 10 rings (SSSR count). The summed E-state index contributed by atoms with van der Waals surface area (Å²) in [6.45, 7) is 12.8. The zero-order valence-electron chi connectivity index (χ0n) is 39.9. The minimum absolute atomic E-state index is 0. The quantitative estimate of drug-likeness (QED) is 0.188. The number of nitrogens with zero attached hydrogens (tertiary/aromatic N) is 7. The SMILES string of the molecule is CC1(C)OC[C@H](COc2cccc(N)n2)O1.COC(=O)c1ccc2c(n1)N(C(=O)Nc1cccc(OC[C@H]3COC(C)(C)O3)n1)[C@H]1CCN2C1.COC(=O)c1ccc2c(n1)N[C@H]1CCN2C1.S.S.S.S. The van der Waals surface area contributed by atoms with Crippen LogP contribution in [0.3, 0.4) is 0 Å². The van der Waals surface area contributed by atoms with Gasteiger partial charge in [0.2, 0.25) is 11.8 Å². The fourth-order valence-corrected chi connectivity index (χ4v) is 8.30. The summed E-state index contributed by atoms with van der Waals surface area (Å²) in [5.74, 6) is 0.812. The van der Waals surface area contributed by atoms with Crippen molar-refractivity contribution in [1.29, 1.82) is 0 Å². The molecule has 4 fully saturated rings. The van der Waals surface area contributed by atoms with Gasteiger partial charge in [-0.1, -0.05) is 12.1 Å². The van der Waals surface area contributed by atoms with Gasteiger partial charge in [0, 0.05) is 44.4 Å². The van der Waals surface area contributed by atoms with Crippen LogP contribution in [0.1, 0.15) is 61.5 Å². The number of esters is 2. The molecule has 384 valence electrons. The van der Waals surface area contributed by atoms with Crippen molar-refractivity contribution in [2.24, 2.45) is 0 Å². The number of nitrogen functional groups attached to an aromatic ring is 1. The third kappa shape index (κ3) is 14.0. The summed E-state index contributed by atoms with van der Waals surface area (Å²) in [6.07, 6.45) is 1.68. The Labute approximate surface area is 434 Å². The number of rotatable bonds is 9. The molecule has 6 aliphatic heterocycles. The number of pyridine rings is 4. The van der Waals surface area contributed by atoms with Crippen LogP contribution in [0.2, 0.25) is 0 Å². The predicted molar refractivity (Wildman–Crippen MR) is 283 cm³/mol. The van der Waals surface area contributed by atoms with Gasteiger partial charge in [-0.15, -0.1) is 0 Å². The number of ether oxygens (including phenoxy) is 8. The molecule has 4 bridgehead atoms. The molecule has 4 atom stereocenters. The molecule has 4 saturated heterocycles. The Morgan fingerprint density at radius 1 is 0.714 bits per heavy atom. The normalized spacial score (nSPS) is 21.0. The van der Waals surface area contributed by atoms with Crippen molar-refractivity contribution in [1.82, 2.24) is 19.9 Å². The first kappa shape index (κ1) is 57.4. The van der Waals surface area contributed by atoms with Gasteiger partial charge in [-0.3, -0.25) is 10.2 Å². The number of hydrogen-bond acceptors (Lipinski definition) is 19. The second-order valence-electron chi connectivity index (χ2n) is 17.1. The van der Waals surface area contributed by atoms with Gasteiger partial charge < -0.3 is 58.7 Å². The maximum Gasteiger partial charge on any atom is 0.356 e. The van der Waals surface area contributed by atoms with E-state index in [1.807, 2.05) is 33.8 Å². The van der Waals surface area contributed by atoms with Gasteiger partial charge in [-0.2, -0.15) is 64.0 Å².